The number of anilines is 1. The summed E-state index contributed by atoms with van der Waals surface area (Å²) >= 11 is 3.38. The van der Waals surface area contributed by atoms with E-state index in [2.05, 4.69) is 26.1 Å². The Morgan fingerprint density at radius 2 is 2.20 bits per heavy atom. The van der Waals surface area contributed by atoms with E-state index in [0.717, 1.165) is 23.9 Å². The van der Waals surface area contributed by atoms with Crippen LogP contribution in [0.3, 0.4) is 0 Å². The molecule has 2 atom stereocenters. The summed E-state index contributed by atoms with van der Waals surface area (Å²) < 4.78 is 0.865. The van der Waals surface area contributed by atoms with Crippen LogP contribution in [-0.4, -0.2) is 35.0 Å². The summed E-state index contributed by atoms with van der Waals surface area (Å²) in [5.74, 6) is 0. The van der Waals surface area contributed by atoms with E-state index in [1.165, 1.54) is 19.4 Å². The van der Waals surface area contributed by atoms with Crippen molar-refractivity contribution in [3.05, 3.63) is 32.8 Å². The van der Waals surface area contributed by atoms with E-state index in [1.807, 2.05) is 0 Å². The highest BCUT2D eigenvalue weighted by atomic mass is 79.9. The van der Waals surface area contributed by atoms with Crippen molar-refractivity contribution < 1.29 is 4.92 Å². The van der Waals surface area contributed by atoms with Crippen molar-refractivity contribution in [2.24, 2.45) is 0 Å². The molecule has 2 aliphatic heterocycles. The molecular formula is C14H18BrN3O2. The van der Waals surface area contributed by atoms with Gasteiger partial charge in [0.15, 0.2) is 0 Å². The highest BCUT2D eigenvalue weighted by molar-refractivity contribution is 9.10. The molecular weight excluding hydrogens is 322 g/mol. The Labute approximate surface area is 126 Å². The van der Waals surface area contributed by atoms with Gasteiger partial charge in [-0.3, -0.25) is 10.1 Å². The number of hydrogen-bond acceptors (Lipinski definition) is 4. The third kappa shape index (κ3) is 2.81. The lowest BCUT2D eigenvalue weighted by atomic mass is 9.97. The monoisotopic (exact) mass is 339 g/mol. The summed E-state index contributed by atoms with van der Waals surface area (Å²) in [6, 6.07) is 6.06. The standard InChI is InChI=1S/C14H18BrN3O2/c15-10-3-4-14(18(19)20)13(8-10)16-11-5-7-17-6-1-2-12(17)9-11/h3-4,8,11-12,16H,1-2,5-7,9H2. The van der Waals surface area contributed by atoms with Crippen LogP contribution in [0, 0.1) is 10.1 Å². The Kier molecular flexibility index (Phi) is 3.94. The van der Waals surface area contributed by atoms with E-state index in [0.29, 0.717) is 17.8 Å². The van der Waals surface area contributed by atoms with E-state index in [1.54, 1.807) is 18.2 Å². The van der Waals surface area contributed by atoms with Crippen molar-refractivity contribution in [3.63, 3.8) is 0 Å². The number of nitro groups is 1. The number of rotatable bonds is 3. The average Bonchev–Trinajstić information content (AvgIpc) is 2.85. The van der Waals surface area contributed by atoms with Gasteiger partial charge in [-0.2, -0.15) is 0 Å². The number of hydrogen-bond donors (Lipinski definition) is 1. The van der Waals surface area contributed by atoms with Gasteiger partial charge in [0.25, 0.3) is 5.69 Å². The molecule has 2 fully saturated rings. The third-order valence-corrected chi connectivity index (χ3v) is 4.83. The molecule has 5 nitrogen and oxygen atoms in total. The van der Waals surface area contributed by atoms with Gasteiger partial charge < -0.3 is 10.2 Å². The molecule has 0 radical (unpaired) electrons. The molecule has 1 aromatic carbocycles. The molecule has 108 valence electrons. The van der Waals surface area contributed by atoms with Crippen molar-refractivity contribution in [2.75, 3.05) is 18.4 Å². The largest absolute Gasteiger partial charge is 0.377 e. The van der Waals surface area contributed by atoms with Crippen LogP contribution in [-0.2, 0) is 0 Å². The summed E-state index contributed by atoms with van der Waals surface area (Å²) in [5.41, 5.74) is 0.780. The van der Waals surface area contributed by atoms with E-state index >= 15 is 0 Å². The topological polar surface area (TPSA) is 58.4 Å². The second-order valence-corrected chi connectivity index (χ2v) is 6.53. The fraction of sp³-hybridized carbons (Fsp3) is 0.571. The molecule has 1 aromatic rings. The quantitative estimate of drug-likeness (QED) is 0.677. The minimum atomic E-state index is -0.320. The van der Waals surface area contributed by atoms with Gasteiger partial charge in [0.05, 0.1) is 4.92 Å². The average molecular weight is 340 g/mol. The molecule has 3 rings (SSSR count). The molecule has 2 saturated heterocycles. The summed E-state index contributed by atoms with van der Waals surface area (Å²) in [5, 5.41) is 14.5. The van der Waals surface area contributed by atoms with Crippen molar-refractivity contribution in [1.29, 1.82) is 0 Å². The van der Waals surface area contributed by atoms with Crippen molar-refractivity contribution in [2.45, 2.75) is 37.8 Å². The van der Waals surface area contributed by atoms with Crippen LogP contribution in [0.5, 0.6) is 0 Å². The Balaban J connectivity index is 1.74. The predicted molar refractivity (Wildman–Crippen MR) is 82.0 cm³/mol. The summed E-state index contributed by atoms with van der Waals surface area (Å²) in [4.78, 5) is 13.3. The molecule has 0 aromatic heterocycles. The summed E-state index contributed by atoms with van der Waals surface area (Å²) in [6.45, 7) is 2.32. The van der Waals surface area contributed by atoms with Crippen LogP contribution in [0.1, 0.15) is 25.7 Å². The molecule has 2 aliphatic rings. The van der Waals surface area contributed by atoms with Gasteiger partial charge in [-0.15, -0.1) is 0 Å². The lowest BCUT2D eigenvalue weighted by molar-refractivity contribution is -0.384. The Bertz CT molecular complexity index is 523. The zero-order chi connectivity index (χ0) is 14.1. The van der Waals surface area contributed by atoms with E-state index < -0.39 is 0 Å². The lowest BCUT2D eigenvalue weighted by Crippen LogP contribution is -2.42. The maximum Gasteiger partial charge on any atom is 0.292 e. The smallest absolute Gasteiger partial charge is 0.292 e. The van der Waals surface area contributed by atoms with Crippen LogP contribution in [0.4, 0.5) is 11.4 Å². The van der Waals surface area contributed by atoms with E-state index in [4.69, 9.17) is 0 Å². The van der Waals surface area contributed by atoms with Gasteiger partial charge in [-0.05, 0) is 44.4 Å². The predicted octanol–water partition coefficient (Wildman–Crippen LogP) is 3.40. The Morgan fingerprint density at radius 1 is 1.35 bits per heavy atom. The first-order valence-electron chi connectivity index (χ1n) is 7.08. The maximum atomic E-state index is 11.1. The molecule has 1 N–H and O–H groups in total. The first-order chi connectivity index (χ1) is 9.63. The molecule has 2 unspecified atom stereocenters. The normalized spacial score (nSPS) is 26.2. The SMILES string of the molecule is O=[N+]([O-])c1ccc(Br)cc1NC1CCN2CCCC2C1. The minimum absolute atomic E-state index is 0.155. The molecule has 0 saturated carbocycles. The highest BCUT2D eigenvalue weighted by Crippen LogP contribution is 2.32. The first-order valence-corrected chi connectivity index (χ1v) is 7.87. The van der Waals surface area contributed by atoms with Gasteiger partial charge in [0.1, 0.15) is 5.69 Å². The van der Waals surface area contributed by atoms with Gasteiger partial charge in [0, 0.05) is 29.2 Å². The summed E-state index contributed by atoms with van der Waals surface area (Å²) in [7, 11) is 0. The third-order valence-electron chi connectivity index (χ3n) is 4.34. The van der Waals surface area contributed by atoms with Gasteiger partial charge in [0.2, 0.25) is 0 Å². The molecule has 2 heterocycles. The van der Waals surface area contributed by atoms with Gasteiger partial charge in [-0.1, -0.05) is 15.9 Å². The number of fused-ring (bicyclic) bond motifs is 1. The molecule has 0 aliphatic carbocycles. The van der Waals surface area contributed by atoms with Crippen LogP contribution in [0.25, 0.3) is 0 Å². The van der Waals surface area contributed by atoms with Crippen molar-refractivity contribution in [3.8, 4) is 0 Å². The van der Waals surface area contributed by atoms with Crippen LogP contribution in [0.15, 0.2) is 22.7 Å². The number of halogens is 1. The Morgan fingerprint density at radius 3 is 3.00 bits per heavy atom. The number of nitro benzene ring substituents is 1. The number of piperidine rings is 1. The van der Waals surface area contributed by atoms with E-state index in [9.17, 15) is 10.1 Å². The fourth-order valence-electron chi connectivity index (χ4n) is 3.36. The second-order valence-electron chi connectivity index (χ2n) is 5.62. The molecule has 6 heteroatoms. The fourth-order valence-corrected chi connectivity index (χ4v) is 3.72. The molecule has 20 heavy (non-hydrogen) atoms. The molecule has 0 amide bonds. The number of nitrogens with one attached hydrogen (secondary N) is 1. The van der Waals surface area contributed by atoms with Gasteiger partial charge >= 0.3 is 0 Å². The first kappa shape index (κ1) is 13.8. The molecule has 0 spiro atoms. The number of benzene rings is 1. The zero-order valence-electron chi connectivity index (χ0n) is 11.2. The van der Waals surface area contributed by atoms with E-state index in [-0.39, 0.29) is 10.6 Å². The van der Waals surface area contributed by atoms with Crippen molar-refractivity contribution >= 4 is 27.3 Å². The second kappa shape index (κ2) is 5.69. The zero-order valence-corrected chi connectivity index (χ0v) is 12.8. The summed E-state index contributed by atoms with van der Waals surface area (Å²) in [6.07, 6.45) is 4.69. The lowest BCUT2D eigenvalue weighted by Gasteiger charge is -2.35. The Hall–Kier alpha value is -1.14. The van der Waals surface area contributed by atoms with Crippen LogP contribution >= 0.6 is 15.9 Å². The number of nitrogens with zero attached hydrogens (tertiary/aromatic N) is 2. The van der Waals surface area contributed by atoms with Crippen LogP contribution in [0.2, 0.25) is 0 Å². The van der Waals surface area contributed by atoms with Crippen molar-refractivity contribution in [1.82, 2.24) is 4.90 Å². The maximum absolute atomic E-state index is 11.1. The van der Waals surface area contributed by atoms with Gasteiger partial charge in [-0.25, -0.2) is 0 Å². The highest BCUT2D eigenvalue weighted by Gasteiger charge is 2.32. The molecule has 0 bridgehead atoms. The minimum Gasteiger partial charge on any atom is -0.377 e. The van der Waals surface area contributed by atoms with Crippen LogP contribution < -0.4 is 5.32 Å².